The van der Waals surface area contributed by atoms with E-state index in [0.717, 1.165) is 55.1 Å². The molecule has 4 heteroatoms. The largest absolute Gasteiger partial charge is 0.438 e. The van der Waals surface area contributed by atoms with Crippen LogP contribution in [0.3, 0.4) is 0 Å². The van der Waals surface area contributed by atoms with Crippen molar-refractivity contribution in [2.45, 2.75) is 82.3 Å². The average molecular weight is 383 g/mol. The zero-order valence-electron chi connectivity index (χ0n) is 17.0. The monoisotopic (exact) mass is 382 g/mol. The first-order valence-corrected chi connectivity index (χ1v) is 11.6. The molecule has 2 saturated carbocycles. The van der Waals surface area contributed by atoms with Crippen LogP contribution in [0.25, 0.3) is 0 Å². The molecule has 1 saturated heterocycles. The van der Waals surface area contributed by atoms with Crippen LogP contribution in [0.5, 0.6) is 0 Å². The highest BCUT2D eigenvalue weighted by molar-refractivity contribution is 5.88. The number of carbonyl (C=O) groups is 1. The Balaban J connectivity index is 1.20. The third-order valence-electron chi connectivity index (χ3n) is 8.12. The predicted octanol–water partition coefficient (Wildman–Crippen LogP) is 5.68. The van der Waals surface area contributed by atoms with Crippen LogP contribution in [0, 0.1) is 11.8 Å². The topological polar surface area (TPSA) is 41.6 Å². The first-order valence-electron chi connectivity index (χ1n) is 11.6. The lowest BCUT2D eigenvalue weighted by Crippen LogP contribution is -2.51. The number of hydrogen-bond acceptors (Lipinski definition) is 3. The predicted molar refractivity (Wildman–Crippen MR) is 111 cm³/mol. The van der Waals surface area contributed by atoms with Gasteiger partial charge in [0.05, 0.1) is 5.69 Å². The Bertz CT molecular complexity index is 696. The summed E-state index contributed by atoms with van der Waals surface area (Å²) in [5.74, 6) is 2.01. The van der Waals surface area contributed by atoms with Gasteiger partial charge in [0.15, 0.2) is 0 Å². The number of rotatable bonds is 2. The molecular weight excluding hydrogens is 348 g/mol. The number of nitrogens with zero attached hydrogens (tertiary/aromatic N) is 1. The fourth-order valence-electron chi connectivity index (χ4n) is 6.52. The van der Waals surface area contributed by atoms with E-state index in [1.54, 1.807) is 0 Å². The van der Waals surface area contributed by atoms with E-state index in [1.165, 1.54) is 57.8 Å². The number of anilines is 1. The number of piperidine rings is 1. The maximum atomic E-state index is 12.1. The van der Waals surface area contributed by atoms with Gasteiger partial charge in [-0.2, -0.15) is 0 Å². The molecule has 5 rings (SSSR count). The molecule has 0 atom stereocenters. The number of hydrogen-bond donors (Lipinski definition) is 1. The van der Waals surface area contributed by atoms with E-state index >= 15 is 0 Å². The van der Waals surface area contributed by atoms with Gasteiger partial charge in [0.2, 0.25) is 0 Å². The number of carbonyl (C=O) groups excluding carboxylic acids is 1. The molecule has 1 N–H and O–H groups in total. The number of benzene rings is 1. The summed E-state index contributed by atoms with van der Waals surface area (Å²) in [4.78, 5) is 14.8. The number of likely N-dealkylation sites (tertiary alicyclic amines) is 1. The highest BCUT2D eigenvalue weighted by Crippen LogP contribution is 2.45. The quantitative estimate of drug-likeness (QED) is 0.715. The van der Waals surface area contributed by atoms with E-state index in [9.17, 15) is 4.79 Å². The second-order valence-corrected chi connectivity index (χ2v) is 9.56. The molecule has 2 heterocycles. The van der Waals surface area contributed by atoms with Crippen LogP contribution in [-0.4, -0.2) is 30.1 Å². The molecule has 1 aromatic carbocycles. The van der Waals surface area contributed by atoms with Crippen LogP contribution in [0.15, 0.2) is 24.3 Å². The Hall–Kier alpha value is -1.55. The number of ether oxygens (including phenoxy) is 1. The van der Waals surface area contributed by atoms with Crippen LogP contribution >= 0.6 is 0 Å². The van der Waals surface area contributed by atoms with Gasteiger partial charge in [-0.1, -0.05) is 50.3 Å². The lowest BCUT2D eigenvalue weighted by atomic mass is 9.72. The van der Waals surface area contributed by atoms with Gasteiger partial charge in [0.1, 0.15) is 5.60 Å². The molecule has 0 bridgehead atoms. The number of para-hydroxylation sites is 1. The lowest BCUT2D eigenvalue weighted by molar-refractivity contribution is -0.0506. The highest BCUT2D eigenvalue weighted by Gasteiger charge is 2.45. The number of nitrogens with one attached hydrogen (secondary N) is 1. The minimum atomic E-state index is -0.422. The van der Waals surface area contributed by atoms with Crippen molar-refractivity contribution in [1.82, 2.24) is 4.90 Å². The molecule has 1 amide bonds. The molecule has 28 heavy (non-hydrogen) atoms. The smallest absolute Gasteiger partial charge is 0.412 e. The SMILES string of the molecule is O=C1Nc2ccccc2C2(CCN(C3CCC(C4CCCCC4)CC3)CC2)O1. The fraction of sp³-hybridized carbons (Fsp3) is 0.708. The van der Waals surface area contributed by atoms with E-state index in [4.69, 9.17) is 4.74 Å². The van der Waals surface area contributed by atoms with Gasteiger partial charge < -0.3 is 9.64 Å². The van der Waals surface area contributed by atoms with E-state index in [1.807, 2.05) is 12.1 Å². The summed E-state index contributed by atoms with van der Waals surface area (Å²) >= 11 is 0. The summed E-state index contributed by atoms with van der Waals surface area (Å²) in [5, 5.41) is 2.87. The summed E-state index contributed by atoms with van der Waals surface area (Å²) < 4.78 is 5.90. The van der Waals surface area contributed by atoms with Crippen LogP contribution < -0.4 is 5.32 Å². The van der Waals surface area contributed by atoms with Gasteiger partial charge in [0.25, 0.3) is 0 Å². The lowest BCUT2D eigenvalue weighted by Gasteiger charge is -2.47. The van der Waals surface area contributed by atoms with Crippen molar-refractivity contribution < 1.29 is 9.53 Å². The van der Waals surface area contributed by atoms with Crippen molar-refractivity contribution in [3.8, 4) is 0 Å². The van der Waals surface area contributed by atoms with Crippen molar-refractivity contribution in [3.63, 3.8) is 0 Å². The molecule has 1 aromatic rings. The standard InChI is InChI=1S/C24H34N2O2/c27-23-25-22-9-5-4-8-21(22)24(28-23)14-16-26(17-15-24)20-12-10-19(11-13-20)18-6-2-1-3-7-18/h4-5,8-9,18-20H,1-3,6-7,10-17H2,(H,25,27). The van der Waals surface area contributed by atoms with Crippen LogP contribution in [0.4, 0.5) is 10.5 Å². The Morgan fingerprint density at radius 1 is 0.893 bits per heavy atom. The number of fused-ring (bicyclic) bond motifs is 2. The molecule has 152 valence electrons. The van der Waals surface area contributed by atoms with E-state index in [2.05, 4.69) is 22.3 Å². The van der Waals surface area contributed by atoms with Crippen LogP contribution in [-0.2, 0) is 10.3 Å². The van der Waals surface area contributed by atoms with Crippen molar-refractivity contribution >= 4 is 11.8 Å². The maximum Gasteiger partial charge on any atom is 0.412 e. The molecule has 4 aliphatic rings. The summed E-state index contributed by atoms with van der Waals surface area (Å²) in [6, 6.07) is 8.90. The molecule has 4 nitrogen and oxygen atoms in total. The van der Waals surface area contributed by atoms with Crippen molar-refractivity contribution in [1.29, 1.82) is 0 Å². The van der Waals surface area contributed by atoms with Gasteiger partial charge >= 0.3 is 6.09 Å². The van der Waals surface area contributed by atoms with Gasteiger partial charge in [-0.05, 0) is 43.6 Å². The Morgan fingerprint density at radius 3 is 2.32 bits per heavy atom. The molecule has 0 unspecified atom stereocenters. The minimum Gasteiger partial charge on any atom is -0.438 e. The molecule has 0 aromatic heterocycles. The first kappa shape index (κ1) is 18.5. The molecule has 1 spiro atoms. The number of amides is 1. The van der Waals surface area contributed by atoms with Crippen molar-refractivity contribution in [3.05, 3.63) is 29.8 Å². The maximum absolute atomic E-state index is 12.1. The van der Waals surface area contributed by atoms with Crippen LogP contribution in [0.1, 0.15) is 76.2 Å². The third-order valence-corrected chi connectivity index (χ3v) is 8.12. The Labute approximate surface area is 169 Å². The minimum absolute atomic E-state index is 0.292. The molecule has 2 aliphatic heterocycles. The second kappa shape index (κ2) is 7.70. The summed E-state index contributed by atoms with van der Waals surface area (Å²) in [5.41, 5.74) is 1.67. The highest BCUT2D eigenvalue weighted by atomic mass is 16.6. The Kier molecular flexibility index (Phi) is 5.08. The van der Waals surface area contributed by atoms with Gasteiger partial charge in [0, 0.05) is 37.5 Å². The summed E-state index contributed by atoms with van der Waals surface area (Å²) in [6.45, 7) is 2.08. The molecule has 3 fully saturated rings. The van der Waals surface area contributed by atoms with E-state index < -0.39 is 5.60 Å². The third kappa shape index (κ3) is 3.45. The molecule has 2 aliphatic carbocycles. The van der Waals surface area contributed by atoms with Gasteiger partial charge in [-0.3, -0.25) is 5.32 Å². The van der Waals surface area contributed by atoms with Crippen LogP contribution in [0.2, 0.25) is 0 Å². The first-order chi connectivity index (χ1) is 13.7. The summed E-state index contributed by atoms with van der Waals surface area (Å²) in [6.07, 6.45) is 14.5. The van der Waals surface area contributed by atoms with Gasteiger partial charge in [-0.15, -0.1) is 0 Å². The summed E-state index contributed by atoms with van der Waals surface area (Å²) in [7, 11) is 0. The van der Waals surface area contributed by atoms with E-state index in [-0.39, 0.29) is 6.09 Å². The Morgan fingerprint density at radius 2 is 1.57 bits per heavy atom. The van der Waals surface area contributed by atoms with Gasteiger partial charge in [-0.25, -0.2) is 4.79 Å². The molecular formula is C24H34N2O2. The molecule has 0 radical (unpaired) electrons. The zero-order valence-corrected chi connectivity index (χ0v) is 17.0. The zero-order chi connectivity index (χ0) is 19.0. The van der Waals surface area contributed by atoms with Crippen molar-refractivity contribution in [2.24, 2.45) is 11.8 Å². The second-order valence-electron chi connectivity index (χ2n) is 9.56. The fourth-order valence-corrected chi connectivity index (χ4v) is 6.52. The van der Waals surface area contributed by atoms with Crippen molar-refractivity contribution in [2.75, 3.05) is 18.4 Å². The average Bonchev–Trinajstić information content (AvgIpc) is 2.75. The normalized spacial score (nSPS) is 31.1. The van der Waals surface area contributed by atoms with E-state index in [0.29, 0.717) is 0 Å².